The summed E-state index contributed by atoms with van der Waals surface area (Å²) in [5.41, 5.74) is 0.861. The molecule has 0 N–H and O–H groups in total. The van der Waals surface area contributed by atoms with Crippen LogP contribution in [0, 0.1) is 0 Å². The fraction of sp³-hybridized carbons (Fsp3) is 0.375. The third-order valence-corrected chi connectivity index (χ3v) is 6.45. The van der Waals surface area contributed by atoms with Crippen molar-refractivity contribution in [2.24, 2.45) is 0 Å². The van der Waals surface area contributed by atoms with Gasteiger partial charge in [0.15, 0.2) is 20.8 Å². The maximum absolute atomic E-state index is 12.0. The third-order valence-electron chi connectivity index (χ3n) is 3.77. The smallest absolute Gasteiger partial charge is 0.316 e. The van der Waals surface area contributed by atoms with Gasteiger partial charge in [0.2, 0.25) is 0 Å². The second-order valence-corrected chi connectivity index (χ2v) is 8.92. The average molecular weight is 394 g/mol. The molecule has 1 aliphatic heterocycles. The second kappa shape index (κ2) is 8.00. The van der Waals surface area contributed by atoms with Crippen LogP contribution in [0.1, 0.15) is 6.42 Å². The van der Waals surface area contributed by atoms with E-state index in [4.69, 9.17) is 4.74 Å². The Morgan fingerprint density at radius 3 is 2.81 bits per heavy atom. The van der Waals surface area contributed by atoms with Crippen molar-refractivity contribution < 1.29 is 17.9 Å². The molecular weight excluding hydrogens is 376 g/mol. The molecule has 1 atom stereocenters. The molecule has 0 unspecified atom stereocenters. The zero-order chi connectivity index (χ0) is 18.6. The number of nitrogens with zero attached hydrogens (tertiary/aromatic N) is 4. The largest absolute Gasteiger partial charge is 0.461 e. The van der Waals surface area contributed by atoms with Crippen LogP contribution in [0.4, 0.5) is 0 Å². The van der Waals surface area contributed by atoms with Crippen molar-refractivity contribution in [3.8, 4) is 11.4 Å². The lowest BCUT2D eigenvalue weighted by molar-refractivity contribution is -0.144. The van der Waals surface area contributed by atoms with E-state index in [2.05, 4.69) is 21.8 Å². The number of esters is 1. The Kier molecular flexibility index (Phi) is 5.72. The topological polar surface area (TPSA) is 104 Å². The van der Waals surface area contributed by atoms with Gasteiger partial charge in [-0.15, -0.1) is 16.8 Å². The van der Waals surface area contributed by atoms with E-state index >= 15 is 0 Å². The summed E-state index contributed by atoms with van der Waals surface area (Å²) < 4.78 is 29.9. The maximum atomic E-state index is 12.0. The Bertz CT molecular complexity index is 896. The number of carbonyl (C=O) groups excluding carboxylic acids is 1. The Balaban J connectivity index is 1.65. The molecule has 138 valence electrons. The first-order valence-electron chi connectivity index (χ1n) is 7.96. The molecule has 1 fully saturated rings. The van der Waals surface area contributed by atoms with Crippen LogP contribution >= 0.6 is 11.8 Å². The predicted molar refractivity (Wildman–Crippen MR) is 97.3 cm³/mol. The van der Waals surface area contributed by atoms with Crippen molar-refractivity contribution in [2.45, 2.75) is 24.2 Å². The Labute approximate surface area is 155 Å². The van der Waals surface area contributed by atoms with E-state index in [1.807, 2.05) is 16.7 Å². The summed E-state index contributed by atoms with van der Waals surface area (Å²) in [4.78, 5) is 16.0. The van der Waals surface area contributed by atoms with Crippen molar-refractivity contribution >= 4 is 27.6 Å². The molecule has 0 spiro atoms. The Morgan fingerprint density at radius 1 is 1.38 bits per heavy atom. The van der Waals surface area contributed by atoms with Crippen LogP contribution in [-0.4, -0.2) is 57.5 Å². The molecule has 3 heterocycles. The van der Waals surface area contributed by atoms with E-state index in [1.54, 1.807) is 18.5 Å². The molecule has 0 bridgehead atoms. The lowest BCUT2D eigenvalue weighted by Gasteiger charge is -2.10. The van der Waals surface area contributed by atoms with E-state index in [0.717, 1.165) is 5.56 Å². The summed E-state index contributed by atoms with van der Waals surface area (Å²) in [6.07, 6.45) is 4.87. The number of pyridine rings is 1. The van der Waals surface area contributed by atoms with Crippen LogP contribution < -0.4 is 0 Å². The zero-order valence-electron chi connectivity index (χ0n) is 13.9. The number of sulfone groups is 1. The number of aromatic nitrogens is 4. The third kappa shape index (κ3) is 4.50. The first-order valence-corrected chi connectivity index (χ1v) is 10.8. The van der Waals surface area contributed by atoms with Crippen LogP contribution in [-0.2, 0) is 25.9 Å². The minimum absolute atomic E-state index is 0.0299. The van der Waals surface area contributed by atoms with Crippen LogP contribution in [0.15, 0.2) is 42.3 Å². The fourth-order valence-corrected chi connectivity index (χ4v) is 4.92. The summed E-state index contributed by atoms with van der Waals surface area (Å²) in [6, 6.07) is 3.65. The second-order valence-electron chi connectivity index (χ2n) is 5.74. The number of rotatable bonds is 7. The molecule has 26 heavy (non-hydrogen) atoms. The van der Waals surface area contributed by atoms with Gasteiger partial charge in [0, 0.05) is 24.5 Å². The van der Waals surface area contributed by atoms with Crippen LogP contribution in [0.2, 0.25) is 0 Å². The minimum atomic E-state index is -3.08. The van der Waals surface area contributed by atoms with E-state index < -0.39 is 21.9 Å². The summed E-state index contributed by atoms with van der Waals surface area (Å²) in [5, 5.41) is 8.90. The number of ether oxygens (including phenoxy) is 1. The Morgan fingerprint density at radius 2 is 2.15 bits per heavy atom. The van der Waals surface area contributed by atoms with Gasteiger partial charge in [-0.3, -0.25) is 14.3 Å². The highest BCUT2D eigenvalue weighted by atomic mass is 32.2. The Hall–Kier alpha value is -2.20. The average Bonchev–Trinajstić information content (AvgIpc) is 3.17. The molecule has 3 rings (SSSR count). The highest BCUT2D eigenvalue weighted by molar-refractivity contribution is 7.99. The van der Waals surface area contributed by atoms with E-state index in [0.29, 0.717) is 23.9 Å². The molecule has 0 amide bonds. The molecule has 1 saturated heterocycles. The van der Waals surface area contributed by atoms with E-state index in [1.165, 1.54) is 11.8 Å². The van der Waals surface area contributed by atoms with Gasteiger partial charge in [-0.2, -0.15) is 0 Å². The SMILES string of the molecule is C=CCn1c(SCC(=O)O[C@@H]2CCS(=O)(=O)C2)nnc1-c1ccncc1. The first kappa shape index (κ1) is 18.6. The first-order chi connectivity index (χ1) is 12.5. The molecule has 1 aliphatic rings. The van der Waals surface area contributed by atoms with Crippen LogP contribution in [0.25, 0.3) is 11.4 Å². The van der Waals surface area contributed by atoms with Gasteiger partial charge < -0.3 is 4.74 Å². The van der Waals surface area contributed by atoms with Gasteiger partial charge in [0.05, 0.1) is 17.3 Å². The molecule has 0 saturated carbocycles. The monoisotopic (exact) mass is 394 g/mol. The van der Waals surface area contributed by atoms with Gasteiger partial charge in [-0.1, -0.05) is 17.8 Å². The van der Waals surface area contributed by atoms with E-state index in [-0.39, 0.29) is 17.3 Å². The molecule has 0 aromatic carbocycles. The van der Waals surface area contributed by atoms with Crippen molar-refractivity contribution in [1.82, 2.24) is 19.7 Å². The summed E-state index contributed by atoms with van der Waals surface area (Å²) in [7, 11) is -3.08. The van der Waals surface area contributed by atoms with Crippen molar-refractivity contribution in [3.05, 3.63) is 37.2 Å². The van der Waals surface area contributed by atoms with Crippen LogP contribution in [0.3, 0.4) is 0 Å². The van der Waals surface area contributed by atoms with Crippen molar-refractivity contribution in [3.63, 3.8) is 0 Å². The van der Waals surface area contributed by atoms with Crippen molar-refractivity contribution in [2.75, 3.05) is 17.3 Å². The summed E-state index contributed by atoms with van der Waals surface area (Å²) >= 11 is 1.20. The summed E-state index contributed by atoms with van der Waals surface area (Å²) in [5.74, 6) is 0.201. The number of hydrogen-bond acceptors (Lipinski definition) is 8. The lowest BCUT2D eigenvalue weighted by Crippen LogP contribution is -2.20. The van der Waals surface area contributed by atoms with Gasteiger partial charge in [-0.25, -0.2) is 8.42 Å². The molecule has 0 aliphatic carbocycles. The van der Waals surface area contributed by atoms with Crippen LogP contribution in [0.5, 0.6) is 0 Å². The number of allylic oxidation sites excluding steroid dienone is 1. The van der Waals surface area contributed by atoms with Crippen molar-refractivity contribution in [1.29, 1.82) is 0 Å². The zero-order valence-corrected chi connectivity index (χ0v) is 15.6. The van der Waals surface area contributed by atoms with E-state index in [9.17, 15) is 13.2 Å². The fourth-order valence-electron chi connectivity index (χ4n) is 2.60. The predicted octanol–water partition coefficient (Wildman–Crippen LogP) is 1.35. The summed E-state index contributed by atoms with van der Waals surface area (Å²) in [6.45, 7) is 4.23. The molecule has 0 radical (unpaired) electrons. The molecule has 8 nitrogen and oxygen atoms in total. The number of carbonyl (C=O) groups is 1. The molecule has 10 heteroatoms. The number of thioether (sulfide) groups is 1. The highest BCUT2D eigenvalue weighted by Crippen LogP contribution is 2.24. The normalized spacial score (nSPS) is 18.5. The number of hydrogen-bond donors (Lipinski definition) is 0. The van der Waals surface area contributed by atoms with Gasteiger partial charge in [0.25, 0.3) is 0 Å². The standard InChI is InChI=1S/C16H18N4O4S2/c1-2-8-20-15(12-3-6-17-7-4-12)18-19-16(20)25-10-14(21)24-13-5-9-26(22,23)11-13/h2-4,6-7,13H,1,5,8-11H2/t13-/m1/s1. The van der Waals surface area contributed by atoms with Gasteiger partial charge in [-0.05, 0) is 18.6 Å². The minimum Gasteiger partial charge on any atom is -0.461 e. The van der Waals surface area contributed by atoms with Gasteiger partial charge in [0.1, 0.15) is 6.10 Å². The molecular formula is C16H18N4O4S2. The molecule has 2 aromatic heterocycles. The highest BCUT2D eigenvalue weighted by Gasteiger charge is 2.30. The lowest BCUT2D eigenvalue weighted by atomic mass is 10.2. The van der Waals surface area contributed by atoms with Gasteiger partial charge >= 0.3 is 5.97 Å². The maximum Gasteiger partial charge on any atom is 0.316 e. The quantitative estimate of drug-likeness (QED) is 0.394. The molecule has 2 aromatic rings.